The van der Waals surface area contributed by atoms with E-state index in [1.807, 2.05) is 20.8 Å². The highest BCUT2D eigenvalue weighted by molar-refractivity contribution is 7.89. The second-order valence-electron chi connectivity index (χ2n) is 6.78. The summed E-state index contributed by atoms with van der Waals surface area (Å²) < 4.78 is 34.2. The van der Waals surface area contributed by atoms with Crippen molar-refractivity contribution in [1.82, 2.24) is 19.4 Å². The Kier molecular flexibility index (Phi) is 4.32. The van der Waals surface area contributed by atoms with Gasteiger partial charge >= 0.3 is 0 Å². The standard InChI is InChI=1S/C17H20N4O3S2/c1-10(2)16-19-17(24-20-16)14-5-4-8-21(14)26(22,23)12-6-7-13-15(9-12)25-11(3)18-13/h6-7,9-10,14H,4-5,8H2,1-3H3/t14-/m0/s1. The van der Waals surface area contributed by atoms with Gasteiger partial charge in [0.25, 0.3) is 0 Å². The maximum Gasteiger partial charge on any atom is 0.245 e. The Balaban J connectivity index is 1.70. The zero-order valence-electron chi connectivity index (χ0n) is 14.8. The second kappa shape index (κ2) is 6.40. The van der Waals surface area contributed by atoms with Crippen LogP contribution in [0.2, 0.25) is 0 Å². The van der Waals surface area contributed by atoms with Gasteiger partial charge in [-0.2, -0.15) is 9.29 Å². The summed E-state index contributed by atoms with van der Waals surface area (Å²) in [5, 5.41) is 4.90. The summed E-state index contributed by atoms with van der Waals surface area (Å²) in [5.74, 6) is 1.12. The lowest BCUT2D eigenvalue weighted by atomic mass is 10.2. The summed E-state index contributed by atoms with van der Waals surface area (Å²) in [7, 11) is -3.64. The normalized spacial score (nSPS) is 19.0. The van der Waals surface area contributed by atoms with Crippen molar-refractivity contribution in [3.63, 3.8) is 0 Å². The Labute approximate surface area is 156 Å². The van der Waals surface area contributed by atoms with Crippen LogP contribution >= 0.6 is 11.3 Å². The maximum atomic E-state index is 13.2. The van der Waals surface area contributed by atoms with Crippen LogP contribution in [0.4, 0.5) is 0 Å². The number of hydrogen-bond acceptors (Lipinski definition) is 7. The summed E-state index contributed by atoms with van der Waals surface area (Å²) in [5.41, 5.74) is 0.822. The number of aromatic nitrogens is 3. The first-order valence-corrected chi connectivity index (χ1v) is 10.8. The number of rotatable bonds is 4. The zero-order valence-corrected chi connectivity index (χ0v) is 16.5. The van der Waals surface area contributed by atoms with E-state index in [9.17, 15) is 8.42 Å². The molecule has 0 saturated carbocycles. The Morgan fingerprint density at radius 3 is 2.85 bits per heavy atom. The van der Waals surface area contributed by atoms with Crippen molar-refractivity contribution in [2.45, 2.75) is 50.5 Å². The molecule has 2 aromatic heterocycles. The fraction of sp³-hybridized carbons (Fsp3) is 0.471. The van der Waals surface area contributed by atoms with Gasteiger partial charge in [0.05, 0.1) is 20.1 Å². The Morgan fingerprint density at radius 2 is 2.12 bits per heavy atom. The monoisotopic (exact) mass is 392 g/mol. The van der Waals surface area contributed by atoms with Gasteiger partial charge in [0.2, 0.25) is 15.9 Å². The van der Waals surface area contributed by atoms with Gasteiger partial charge in [-0.3, -0.25) is 0 Å². The van der Waals surface area contributed by atoms with E-state index in [1.165, 1.54) is 15.6 Å². The number of nitrogens with zero attached hydrogens (tertiary/aromatic N) is 4. The van der Waals surface area contributed by atoms with Crippen LogP contribution in [-0.4, -0.2) is 34.4 Å². The molecule has 4 rings (SSSR count). The number of fused-ring (bicyclic) bond motifs is 1. The lowest BCUT2D eigenvalue weighted by Crippen LogP contribution is -2.30. The van der Waals surface area contributed by atoms with Crippen LogP contribution in [-0.2, 0) is 10.0 Å². The van der Waals surface area contributed by atoms with Gasteiger partial charge in [-0.15, -0.1) is 11.3 Å². The molecule has 1 aliphatic rings. The SMILES string of the molecule is Cc1nc2ccc(S(=O)(=O)N3CCC[C@H]3c3nc(C(C)C)no3)cc2s1. The molecule has 1 aliphatic heterocycles. The number of aryl methyl sites for hydroxylation is 1. The maximum absolute atomic E-state index is 13.2. The van der Waals surface area contributed by atoms with Crippen LogP contribution in [0.1, 0.15) is 55.4 Å². The molecule has 7 nitrogen and oxygen atoms in total. The van der Waals surface area contributed by atoms with Gasteiger partial charge in [-0.25, -0.2) is 13.4 Å². The first-order valence-electron chi connectivity index (χ1n) is 8.59. The van der Waals surface area contributed by atoms with Crippen LogP contribution in [0, 0.1) is 6.92 Å². The van der Waals surface area contributed by atoms with E-state index in [0.717, 1.165) is 21.6 Å². The van der Waals surface area contributed by atoms with E-state index in [-0.39, 0.29) is 10.8 Å². The minimum absolute atomic E-state index is 0.135. The molecule has 0 bridgehead atoms. The van der Waals surface area contributed by atoms with Crippen molar-refractivity contribution in [2.75, 3.05) is 6.54 Å². The lowest BCUT2D eigenvalue weighted by molar-refractivity contribution is 0.289. The smallest absolute Gasteiger partial charge is 0.245 e. The largest absolute Gasteiger partial charge is 0.338 e. The van der Waals surface area contributed by atoms with Crippen LogP contribution in [0.5, 0.6) is 0 Å². The fourth-order valence-electron chi connectivity index (χ4n) is 3.21. The molecular weight excluding hydrogens is 372 g/mol. The van der Waals surface area contributed by atoms with E-state index < -0.39 is 16.1 Å². The third-order valence-electron chi connectivity index (χ3n) is 4.54. The Hall–Kier alpha value is -1.84. The minimum Gasteiger partial charge on any atom is -0.338 e. The van der Waals surface area contributed by atoms with Crippen LogP contribution in [0.25, 0.3) is 10.2 Å². The van der Waals surface area contributed by atoms with Gasteiger partial charge < -0.3 is 4.52 Å². The lowest BCUT2D eigenvalue weighted by Gasteiger charge is -2.21. The highest BCUT2D eigenvalue weighted by Crippen LogP contribution is 2.37. The average Bonchev–Trinajstić information content (AvgIpc) is 3.31. The molecule has 3 heterocycles. The third kappa shape index (κ3) is 2.93. The first-order chi connectivity index (χ1) is 12.4. The molecule has 1 atom stereocenters. The van der Waals surface area contributed by atoms with Gasteiger partial charge in [0.15, 0.2) is 5.82 Å². The van der Waals surface area contributed by atoms with E-state index >= 15 is 0 Å². The topological polar surface area (TPSA) is 89.2 Å². The number of thiazole rings is 1. The van der Waals surface area contributed by atoms with Gasteiger partial charge in [-0.1, -0.05) is 19.0 Å². The second-order valence-corrected chi connectivity index (χ2v) is 9.91. The molecule has 0 N–H and O–H groups in total. The van der Waals surface area contributed by atoms with Crippen molar-refractivity contribution in [3.8, 4) is 0 Å². The fourth-order valence-corrected chi connectivity index (χ4v) is 5.83. The first kappa shape index (κ1) is 17.6. The highest BCUT2D eigenvalue weighted by Gasteiger charge is 2.39. The van der Waals surface area contributed by atoms with Crippen LogP contribution in [0.3, 0.4) is 0 Å². The summed E-state index contributed by atoms with van der Waals surface area (Å²) in [6.07, 6.45) is 1.45. The zero-order chi connectivity index (χ0) is 18.5. The Morgan fingerprint density at radius 1 is 1.31 bits per heavy atom. The van der Waals surface area contributed by atoms with Crippen molar-refractivity contribution in [2.24, 2.45) is 0 Å². The van der Waals surface area contributed by atoms with E-state index in [0.29, 0.717) is 24.7 Å². The van der Waals surface area contributed by atoms with E-state index in [4.69, 9.17) is 4.52 Å². The van der Waals surface area contributed by atoms with Crippen LogP contribution < -0.4 is 0 Å². The summed E-state index contributed by atoms with van der Waals surface area (Å²) in [6.45, 7) is 6.32. The molecule has 9 heteroatoms. The summed E-state index contributed by atoms with van der Waals surface area (Å²) in [4.78, 5) is 9.08. The number of benzene rings is 1. The molecule has 0 radical (unpaired) electrons. The number of hydrogen-bond donors (Lipinski definition) is 0. The molecule has 1 fully saturated rings. The molecule has 3 aromatic rings. The predicted octanol–water partition coefficient (Wildman–Crippen LogP) is 3.64. The van der Waals surface area contributed by atoms with E-state index in [2.05, 4.69) is 15.1 Å². The minimum atomic E-state index is -3.64. The Bertz CT molecular complexity index is 1060. The molecule has 1 saturated heterocycles. The quantitative estimate of drug-likeness (QED) is 0.673. The highest BCUT2D eigenvalue weighted by atomic mass is 32.2. The molecule has 138 valence electrons. The van der Waals surface area contributed by atoms with Gasteiger partial charge in [0, 0.05) is 12.5 Å². The van der Waals surface area contributed by atoms with E-state index in [1.54, 1.807) is 18.2 Å². The third-order valence-corrected chi connectivity index (χ3v) is 7.37. The summed E-state index contributed by atoms with van der Waals surface area (Å²) >= 11 is 1.49. The molecule has 0 unspecified atom stereocenters. The molecular formula is C17H20N4O3S2. The molecule has 26 heavy (non-hydrogen) atoms. The molecule has 1 aromatic carbocycles. The average molecular weight is 393 g/mol. The predicted molar refractivity (Wildman–Crippen MR) is 98.6 cm³/mol. The van der Waals surface area contributed by atoms with Gasteiger partial charge in [0.1, 0.15) is 6.04 Å². The summed E-state index contributed by atoms with van der Waals surface area (Å²) in [6, 6.07) is 4.69. The molecule has 0 aliphatic carbocycles. The molecule has 0 amide bonds. The van der Waals surface area contributed by atoms with Crippen LogP contribution in [0.15, 0.2) is 27.6 Å². The van der Waals surface area contributed by atoms with Crippen molar-refractivity contribution < 1.29 is 12.9 Å². The van der Waals surface area contributed by atoms with Crippen molar-refractivity contribution >= 4 is 31.6 Å². The molecule has 0 spiro atoms. The number of sulfonamides is 1. The van der Waals surface area contributed by atoms with Crippen molar-refractivity contribution in [3.05, 3.63) is 34.9 Å². The van der Waals surface area contributed by atoms with Crippen molar-refractivity contribution in [1.29, 1.82) is 0 Å². The van der Waals surface area contributed by atoms with Gasteiger partial charge in [-0.05, 0) is 38.0 Å².